The lowest BCUT2D eigenvalue weighted by atomic mass is 10.0. The fourth-order valence-electron chi connectivity index (χ4n) is 3.07. The van der Waals surface area contributed by atoms with E-state index in [0.29, 0.717) is 29.0 Å². The minimum atomic E-state index is -1.21. The van der Waals surface area contributed by atoms with E-state index in [1.54, 1.807) is 24.3 Å². The van der Waals surface area contributed by atoms with Crippen molar-refractivity contribution in [1.82, 2.24) is 25.4 Å². The number of carboxylic acids is 1. The number of H-pyrrole nitrogens is 2. The summed E-state index contributed by atoms with van der Waals surface area (Å²) < 4.78 is 25.1. The summed E-state index contributed by atoms with van der Waals surface area (Å²) in [6.07, 6.45) is -1.21. The lowest BCUT2D eigenvalue weighted by molar-refractivity contribution is -0.144. The standard InChI is InChI=1S/C21H18FN5O5/c1-3-31-15-8-11(12-5-7-14(22)16(9-12)32-10(2)21(29)30)4-6-13(15)18-23-19-17(20(28)24-18)25-27-26-19/h4-10H,3H2,1-2H3,(H,29,30)(H2,23,24,25,26,27,28). The van der Waals surface area contributed by atoms with Crippen LogP contribution in [0, 0.1) is 5.82 Å². The summed E-state index contributed by atoms with van der Waals surface area (Å²) in [7, 11) is 0. The molecule has 0 aliphatic heterocycles. The Hall–Kier alpha value is -4.28. The first kappa shape index (κ1) is 21.0. The quantitative estimate of drug-likeness (QED) is 0.399. The number of fused-ring (bicyclic) bond motifs is 1. The number of benzene rings is 2. The highest BCUT2D eigenvalue weighted by Crippen LogP contribution is 2.34. The third-order valence-electron chi connectivity index (χ3n) is 4.65. The molecule has 3 N–H and O–H groups in total. The lowest BCUT2D eigenvalue weighted by Crippen LogP contribution is -2.23. The van der Waals surface area contributed by atoms with Gasteiger partial charge < -0.3 is 19.6 Å². The van der Waals surface area contributed by atoms with Crippen LogP contribution in [0.5, 0.6) is 11.5 Å². The predicted molar refractivity (Wildman–Crippen MR) is 112 cm³/mol. The van der Waals surface area contributed by atoms with Gasteiger partial charge in [-0.1, -0.05) is 12.1 Å². The van der Waals surface area contributed by atoms with Crippen LogP contribution in [0.15, 0.2) is 41.2 Å². The molecule has 0 bridgehead atoms. The van der Waals surface area contributed by atoms with Gasteiger partial charge in [0.25, 0.3) is 5.56 Å². The molecular weight excluding hydrogens is 421 g/mol. The van der Waals surface area contributed by atoms with E-state index in [1.807, 2.05) is 6.92 Å². The summed E-state index contributed by atoms with van der Waals surface area (Å²) in [5.74, 6) is -1.37. The van der Waals surface area contributed by atoms with Gasteiger partial charge in [0.2, 0.25) is 5.65 Å². The van der Waals surface area contributed by atoms with Crippen LogP contribution in [0.3, 0.4) is 0 Å². The summed E-state index contributed by atoms with van der Waals surface area (Å²) >= 11 is 0. The number of aliphatic carboxylic acids is 1. The fraction of sp³-hybridized carbons (Fsp3) is 0.190. The molecule has 2 heterocycles. The molecular formula is C21H18FN5O5. The average molecular weight is 439 g/mol. The SMILES string of the molecule is CCOc1cc(-c2ccc(F)c(OC(C)C(=O)O)c2)ccc1-c1nc2n[nH]nc2c(=O)[nH]1. The second-order valence-electron chi connectivity index (χ2n) is 6.80. The third kappa shape index (κ3) is 4.00. The van der Waals surface area contributed by atoms with E-state index in [9.17, 15) is 14.0 Å². The van der Waals surface area contributed by atoms with E-state index in [-0.39, 0.29) is 22.7 Å². The van der Waals surface area contributed by atoms with E-state index in [2.05, 4.69) is 25.4 Å². The Labute approximate surface area is 180 Å². The highest BCUT2D eigenvalue weighted by Gasteiger charge is 2.18. The number of nitrogens with one attached hydrogen (secondary N) is 2. The van der Waals surface area contributed by atoms with Crippen LogP contribution in [0.1, 0.15) is 13.8 Å². The molecule has 32 heavy (non-hydrogen) atoms. The second kappa shape index (κ2) is 8.46. The molecule has 0 aliphatic carbocycles. The minimum absolute atomic E-state index is 0.0951. The summed E-state index contributed by atoms with van der Waals surface area (Å²) in [5, 5.41) is 19.0. The fourth-order valence-corrected chi connectivity index (χ4v) is 3.07. The topological polar surface area (TPSA) is 143 Å². The van der Waals surface area contributed by atoms with Gasteiger partial charge in [-0.05, 0) is 49.2 Å². The number of hydrogen-bond donors (Lipinski definition) is 3. The number of ether oxygens (including phenoxy) is 2. The Bertz CT molecular complexity index is 1370. The maximum absolute atomic E-state index is 14.1. The first-order chi connectivity index (χ1) is 15.4. The molecule has 11 heteroatoms. The number of halogens is 1. The molecule has 2 aromatic heterocycles. The van der Waals surface area contributed by atoms with Crippen molar-refractivity contribution in [1.29, 1.82) is 0 Å². The summed E-state index contributed by atoms with van der Waals surface area (Å²) in [6.45, 7) is 3.47. The minimum Gasteiger partial charge on any atom is -0.493 e. The van der Waals surface area contributed by atoms with E-state index in [1.165, 1.54) is 19.1 Å². The highest BCUT2D eigenvalue weighted by atomic mass is 19.1. The molecule has 4 aromatic rings. The van der Waals surface area contributed by atoms with Gasteiger partial charge in [-0.3, -0.25) is 4.79 Å². The molecule has 0 spiro atoms. The van der Waals surface area contributed by atoms with Crippen LogP contribution in [0.25, 0.3) is 33.7 Å². The van der Waals surface area contributed by atoms with Crippen LogP contribution >= 0.6 is 0 Å². The first-order valence-corrected chi connectivity index (χ1v) is 9.64. The molecule has 0 saturated heterocycles. The van der Waals surface area contributed by atoms with Gasteiger partial charge in [-0.15, -0.1) is 10.2 Å². The molecule has 1 atom stereocenters. The molecule has 2 aromatic carbocycles. The van der Waals surface area contributed by atoms with Crippen molar-refractivity contribution in [3.8, 4) is 34.0 Å². The molecule has 0 saturated carbocycles. The van der Waals surface area contributed by atoms with Crippen molar-refractivity contribution < 1.29 is 23.8 Å². The van der Waals surface area contributed by atoms with Crippen molar-refractivity contribution in [2.45, 2.75) is 20.0 Å². The summed E-state index contributed by atoms with van der Waals surface area (Å²) in [6, 6.07) is 9.31. The Morgan fingerprint density at radius 2 is 1.88 bits per heavy atom. The highest BCUT2D eigenvalue weighted by molar-refractivity contribution is 5.77. The molecule has 10 nitrogen and oxygen atoms in total. The van der Waals surface area contributed by atoms with Gasteiger partial charge in [0.1, 0.15) is 11.6 Å². The van der Waals surface area contributed by atoms with Crippen molar-refractivity contribution in [3.63, 3.8) is 0 Å². The smallest absolute Gasteiger partial charge is 0.344 e. The van der Waals surface area contributed by atoms with E-state index in [4.69, 9.17) is 14.6 Å². The molecule has 164 valence electrons. The van der Waals surface area contributed by atoms with Gasteiger partial charge in [0.05, 0.1) is 12.2 Å². The normalized spacial score (nSPS) is 12.0. The zero-order valence-electron chi connectivity index (χ0n) is 17.0. The molecule has 1 unspecified atom stereocenters. The number of hydrogen-bond acceptors (Lipinski definition) is 7. The maximum Gasteiger partial charge on any atom is 0.344 e. The van der Waals surface area contributed by atoms with Crippen LogP contribution in [0.4, 0.5) is 4.39 Å². The van der Waals surface area contributed by atoms with Gasteiger partial charge >= 0.3 is 5.97 Å². The second-order valence-corrected chi connectivity index (χ2v) is 6.80. The van der Waals surface area contributed by atoms with Gasteiger partial charge in [-0.25, -0.2) is 14.2 Å². The monoisotopic (exact) mass is 439 g/mol. The number of nitrogens with zero attached hydrogens (tertiary/aromatic N) is 3. The zero-order chi connectivity index (χ0) is 22.8. The number of carbonyl (C=O) groups is 1. The van der Waals surface area contributed by atoms with Crippen molar-refractivity contribution in [3.05, 3.63) is 52.6 Å². The van der Waals surface area contributed by atoms with Crippen molar-refractivity contribution >= 4 is 17.1 Å². The Morgan fingerprint density at radius 1 is 1.16 bits per heavy atom. The third-order valence-corrected chi connectivity index (χ3v) is 4.65. The van der Waals surface area contributed by atoms with Crippen LogP contribution in [0.2, 0.25) is 0 Å². The van der Waals surface area contributed by atoms with E-state index < -0.39 is 23.4 Å². The number of aromatic amines is 2. The first-order valence-electron chi connectivity index (χ1n) is 9.64. The van der Waals surface area contributed by atoms with Gasteiger partial charge in [-0.2, -0.15) is 5.21 Å². The van der Waals surface area contributed by atoms with Crippen molar-refractivity contribution in [2.24, 2.45) is 0 Å². The molecule has 0 fully saturated rings. The zero-order valence-corrected chi connectivity index (χ0v) is 17.0. The lowest BCUT2D eigenvalue weighted by Gasteiger charge is -2.14. The molecule has 4 rings (SSSR count). The Balaban J connectivity index is 1.76. The van der Waals surface area contributed by atoms with Crippen molar-refractivity contribution in [2.75, 3.05) is 6.61 Å². The van der Waals surface area contributed by atoms with Crippen LogP contribution in [-0.2, 0) is 4.79 Å². The number of carboxylic acid groups (broad SMARTS) is 1. The maximum atomic E-state index is 14.1. The summed E-state index contributed by atoms with van der Waals surface area (Å²) in [4.78, 5) is 30.3. The van der Waals surface area contributed by atoms with Crippen LogP contribution < -0.4 is 15.0 Å². The van der Waals surface area contributed by atoms with E-state index in [0.717, 1.165) is 0 Å². The largest absolute Gasteiger partial charge is 0.493 e. The van der Waals surface area contributed by atoms with E-state index >= 15 is 0 Å². The Kier molecular flexibility index (Phi) is 5.54. The number of aromatic nitrogens is 5. The Morgan fingerprint density at radius 3 is 2.59 bits per heavy atom. The van der Waals surface area contributed by atoms with Gasteiger partial charge in [0, 0.05) is 0 Å². The average Bonchev–Trinajstić information content (AvgIpc) is 3.25. The van der Waals surface area contributed by atoms with Gasteiger partial charge in [0.15, 0.2) is 23.2 Å². The summed E-state index contributed by atoms with van der Waals surface area (Å²) in [5.41, 5.74) is 1.59. The molecule has 0 radical (unpaired) electrons. The predicted octanol–water partition coefficient (Wildman–Crippen LogP) is 2.76. The molecule has 0 amide bonds. The van der Waals surface area contributed by atoms with Crippen LogP contribution in [-0.4, -0.2) is 49.2 Å². The molecule has 0 aliphatic rings. The number of rotatable bonds is 7.